The number of hydrogen-bond acceptors (Lipinski definition) is 4. The lowest BCUT2D eigenvalue weighted by atomic mass is 9.96. The normalized spacial score (nSPS) is 23.2. The Morgan fingerprint density at radius 3 is 1.17 bits per heavy atom. The molecule has 0 saturated heterocycles. The van der Waals surface area contributed by atoms with Crippen LogP contribution < -0.4 is 0 Å². The molecule has 0 bridgehead atoms. The number of nitrogens with one attached hydrogen (secondary N) is 1. The van der Waals surface area contributed by atoms with Gasteiger partial charge >= 0.3 is 0 Å². The van der Waals surface area contributed by atoms with E-state index in [-0.39, 0.29) is 0 Å². The third-order valence-corrected chi connectivity index (χ3v) is 5.45. The highest BCUT2D eigenvalue weighted by atomic mass is 14.9. The van der Waals surface area contributed by atoms with Crippen molar-refractivity contribution in [2.24, 2.45) is 15.0 Å². The first-order valence-corrected chi connectivity index (χ1v) is 10.1. The molecule has 3 aliphatic rings. The van der Waals surface area contributed by atoms with Gasteiger partial charge in [0.2, 0.25) is 0 Å². The third kappa shape index (κ3) is 8.04. The number of hydrogen-bond donors (Lipinski definition) is 1. The number of nitrogens with zero attached hydrogens (tertiary/aromatic N) is 3. The largest absolute Gasteiger partial charge is 0.242 e. The SMILES string of the molecule is C(=NC1CCCCC1)=NC1CCCCC1.N=C=NC1CCCCC1. The fourth-order valence-corrected chi connectivity index (χ4v) is 3.92. The van der Waals surface area contributed by atoms with E-state index in [0.717, 1.165) is 0 Å². The van der Waals surface area contributed by atoms with Crippen LogP contribution in [0.25, 0.3) is 0 Å². The van der Waals surface area contributed by atoms with Gasteiger partial charge in [-0.05, 0) is 38.5 Å². The molecule has 3 fully saturated rings. The summed E-state index contributed by atoms with van der Waals surface area (Å²) in [4.78, 5) is 12.8. The van der Waals surface area contributed by atoms with Crippen LogP contribution in [-0.4, -0.2) is 30.1 Å². The fraction of sp³-hybridized carbons (Fsp3) is 0.900. The van der Waals surface area contributed by atoms with Crippen LogP contribution in [-0.2, 0) is 0 Å². The summed E-state index contributed by atoms with van der Waals surface area (Å²) >= 11 is 0. The van der Waals surface area contributed by atoms with Gasteiger partial charge in [0, 0.05) is 0 Å². The second-order valence-corrected chi connectivity index (χ2v) is 7.47. The Balaban J connectivity index is 0.000000198. The molecule has 1 N–H and O–H groups in total. The van der Waals surface area contributed by atoms with Crippen molar-refractivity contribution in [2.75, 3.05) is 0 Å². The van der Waals surface area contributed by atoms with Crippen molar-refractivity contribution in [1.82, 2.24) is 0 Å². The van der Waals surface area contributed by atoms with Crippen molar-refractivity contribution in [3.63, 3.8) is 0 Å². The Labute approximate surface area is 147 Å². The summed E-state index contributed by atoms with van der Waals surface area (Å²) < 4.78 is 0. The summed E-state index contributed by atoms with van der Waals surface area (Å²) in [6.07, 6.45) is 19.5. The molecule has 0 aromatic carbocycles. The molecule has 0 aromatic rings. The molecule has 24 heavy (non-hydrogen) atoms. The summed E-state index contributed by atoms with van der Waals surface area (Å²) in [6, 6.07) is 6.58. The molecule has 134 valence electrons. The van der Waals surface area contributed by atoms with Gasteiger partial charge < -0.3 is 0 Å². The predicted molar refractivity (Wildman–Crippen MR) is 101 cm³/mol. The molecule has 3 rings (SSSR count). The van der Waals surface area contributed by atoms with Crippen molar-refractivity contribution in [2.45, 2.75) is 114 Å². The predicted octanol–water partition coefficient (Wildman–Crippen LogP) is 5.90. The van der Waals surface area contributed by atoms with E-state index < -0.39 is 0 Å². The van der Waals surface area contributed by atoms with E-state index in [1.807, 2.05) is 0 Å². The maximum absolute atomic E-state index is 6.62. The monoisotopic (exact) mass is 330 g/mol. The lowest BCUT2D eigenvalue weighted by Gasteiger charge is -2.17. The maximum atomic E-state index is 6.62. The van der Waals surface area contributed by atoms with Gasteiger partial charge in [-0.15, -0.1) is 0 Å². The van der Waals surface area contributed by atoms with Crippen LogP contribution in [0.1, 0.15) is 96.3 Å². The number of aliphatic imine (C=N–C) groups is 3. The van der Waals surface area contributed by atoms with Crippen molar-refractivity contribution in [3.8, 4) is 0 Å². The molecule has 4 nitrogen and oxygen atoms in total. The molecular weight excluding hydrogens is 296 g/mol. The highest BCUT2D eigenvalue weighted by Gasteiger charge is 2.12. The molecule has 0 spiro atoms. The zero-order valence-corrected chi connectivity index (χ0v) is 15.2. The van der Waals surface area contributed by atoms with E-state index in [1.165, 1.54) is 96.3 Å². The Morgan fingerprint density at radius 2 is 0.833 bits per heavy atom. The van der Waals surface area contributed by atoms with Crippen LogP contribution in [0.4, 0.5) is 0 Å². The second kappa shape index (κ2) is 12.2. The molecule has 0 heterocycles. The van der Waals surface area contributed by atoms with Crippen molar-refractivity contribution in [1.29, 1.82) is 5.41 Å². The van der Waals surface area contributed by atoms with Crippen LogP contribution in [0.15, 0.2) is 15.0 Å². The maximum Gasteiger partial charge on any atom is 0.0898 e. The summed E-state index contributed by atoms with van der Waals surface area (Å²) in [7, 11) is 0. The standard InChI is InChI=1S/C13H22N2.C7H12N2/c1-3-7-12(8-4-1)14-11-15-13-9-5-2-6-10-13;8-6-9-7-4-2-1-3-5-7/h12-13H,1-10H2;7-8H,1-5H2. The minimum Gasteiger partial charge on any atom is -0.242 e. The van der Waals surface area contributed by atoms with Gasteiger partial charge in [0.1, 0.15) is 0 Å². The molecule has 3 aliphatic carbocycles. The second-order valence-electron chi connectivity index (χ2n) is 7.47. The molecule has 0 aliphatic heterocycles. The lowest BCUT2D eigenvalue weighted by Crippen LogP contribution is -2.10. The zero-order chi connectivity index (χ0) is 16.9. The minimum absolute atomic E-state index is 0.427. The average molecular weight is 331 g/mol. The summed E-state index contributed by atoms with van der Waals surface area (Å²) in [5.74, 6) is 0. The molecular formula is C20H34N4. The molecule has 0 atom stereocenters. The van der Waals surface area contributed by atoms with Gasteiger partial charge in [-0.2, -0.15) is 0 Å². The van der Waals surface area contributed by atoms with Gasteiger partial charge in [-0.1, -0.05) is 57.8 Å². The molecule has 0 unspecified atom stereocenters. The van der Waals surface area contributed by atoms with E-state index in [9.17, 15) is 0 Å². The van der Waals surface area contributed by atoms with Crippen LogP contribution in [0.3, 0.4) is 0 Å². The van der Waals surface area contributed by atoms with E-state index in [4.69, 9.17) is 5.41 Å². The Bertz CT molecular complexity index is 407. The van der Waals surface area contributed by atoms with Crippen molar-refractivity contribution >= 4 is 12.0 Å². The molecule has 3 saturated carbocycles. The van der Waals surface area contributed by atoms with Gasteiger partial charge in [0.15, 0.2) is 0 Å². The minimum atomic E-state index is 0.427. The highest BCUT2D eigenvalue weighted by molar-refractivity contribution is 5.42. The first-order valence-electron chi connectivity index (χ1n) is 10.1. The first kappa shape index (κ1) is 19.1. The van der Waals surface area contributed by atoms with Crippen LogP contribution >= 0.6 is 0 Å². The molecule has 0 amide bonds. The van der Waals surface area contributed by atoms with Gasteiger partial charge in [-0.25, -0.2) is 20.4 Å². The molecule has 0 aromatic heterocycles. The van der Waals surface area contributed by atoms with Crippen LogP contribution in [0, 0.1) is 5.41 Å². The number of rotatable bonds is 3. The zero-order valence-electron chi connectivity index (χ0n) is 15.2. The Kier molecular flexibility index (Phi) is 9.68. The van der Waals surface area contributed by atoms with E-state index in [0.29, 0.717) is 18.1 Å². The van der Waals surface area contributed by atoms with Gasteiger partial charge in [0.25, 0.3) is 0 Å². The highest BCUT2D eigenvalue weighted by Crippen LogP contribution is 2.21. The van der Waals surface area contributed by atoms with Crippen LogP contribution in [0.2, 0.25) is 0 Å². The Morgan fingerprint density at radius 1 is 0.500 bits per heavy atom. The van der Waals surface area contributed by atoms with E-state index >= 15 is 0 Å². The summed E-state index contributed by atoms with van der Waals surface area (Å²) in [6.45, 7) is 0. The average Bonchev–Trinajstić information content (AvgIpc) is 2.65. The molecule has 4 heteroatoms. The Hall–Kier alpha value is -1.24. The van der Waals surface area contributed by atoms with Crippen molar-refractivity contribution in [3.05, 3.63) is 0 Å². The third-order valence-electron chi connectivity index (χ3n) is 5.45. The summed E-state index contributed by atoms with van der Waals surface area (Å²) in [5, 5.41) is 6.62. The van der Waals surface area contributed by atoms with E-state index in [2.05, 4.69) is 27.0 Å². The molecule has 0 radical (unpaired) electrons. The first-order chi connectivity index (χ1) is 11.9. The topological polar surface area (TPSA) is 60.9 Å². The summed E-state index contributed by atoms with van der Waals surface area (Å²) in [5.41, 5.74) is 0. The lowest BCUT2D eigenvalue weighted by molar-refractivity contribution is 0.438. The fourth-order valence-electron chi connectivity index (χ4n) is 3.92. The van der Waals surface area contributed by atoms with Gasteiger partial charge in [0.05, 0.1) is 30.1 Å². The van der Waals surface area contributed by atoms with Gasteiger partial charge in [-0.3, -0.25) is 0 Å². The quantitative estimate of drug-likeness (QED) is 0.626. The smallest absolute Gasteiger partial charge is 0.0898 e. The van der Waals surface area contributed by atoms with E-state index in [1.54, 1.807) is 0 Å². The van der Waals surface area contributed by atoms with Crippen LogP contribution in [0.5, 0.6) is 0 Å². The van der Waals surface area contributed by atoms with Crippen molar-refractivity contribution < 1.29 is 0 Å².